The summed E-state index contributed by atoms with van der Waals surface area (Å²) in [6.45, 7) is 8.27. The van der Waals surface area contributed by atoms with Crippen molar-refractivity contribution < 1.29 is 19.4 Å². The summed E-state index contributed by atoms with van der Waals surface area (Å²) in [5, 5.41) is 12.5. The maximum Gasteiger partial charge on any atom is 0.407 e. The number of nitrogens with one attached hydrogen (secondary N) is 1. The minimum atomic E-state index is -1.22. The Hall–Kier alpha value is -2.08. The van der Waals surface area contributed by atoms with Crippen LogP contribution in [0.25, 0.3) is 0 Å². The molecule has 0 spiro atoms. The summed E-state index contributed by atoms with van der Waals surface area (Å²) >= 11 is 0. The van der Waals surface area contributed by atoms with E-state index in [0.717, 1.165) is 5.56 Å². The van der Waals surface area contributed by atoms with Crippen molar-refractivity contribution >= 4 is 12.0 Å². The van der Waals surface area contributed by atoms with Crippen LogP contribution in [0.5, 0.6) is 0 Å². The first-order chi connectivity index (χ1) is 11.7. The molecule has 138 valence electrons. The fourth-order valence-electron chi connectivity index (χ4n) is 3.16. The minimum Gasteiger partial charge on any atom is -0.465 e. The van der Waals surface area contributed by atoms with Crippen LogP contribution in [0.2, 0.25) is 0 Å². The highest BCUT2D eigenvalue weighted by atomic mass is 16.5. The van der Waals surface area contributed by atoms with Crippen molar-refractivity contribution in [2.45, 2.75) is 52.3 Å². The van der Waals surface area contributed by atoms with Crippen molar-refractivity contribution in [1.82, 2.24) is 10.2 Å². The predicted molar refractivity (Wildman–Crippen MR) is 95.2 cm³/mol. The summed E-state index contributed by atoms with van der Waals surface area (Å²) in [6.07, 6.45) is -0.363. The molecular weight excluding hydrogens is 320 g/mol. The fourth-order valence-corrected chi connectivity index (χ4v) is 3.16. The van der Waals surface area contributed by atoms with E-state index >= 15 is 0 Å². The van der Waals surface area contributed by atoms with Gasteiger partial charge in [0, 0.05) is 12.0 Å². The van der Waals surface area contributed by atoms with Crippen molar-refractivity contribution in [3.8, 4) is 0 Å². The van der Waals surface area contributed by atoms with Crippen molar-refractivity contribution in [1.29, 1.82) is 0 Å². The number of carboxylic acid groups (broad SMARTS) is 1. The van der Waals surface area contributed by atoms with E-state index in [1.54, 1.807) is 0 Å². The van der Waals surface area contributed by atoms with Crippen LogP contribution in [-0.4, -0.2) is 46.8 Å². The van der Waals surface area contributed by atoms with Crippen molar-refractivity contribution in [2.24, 2.45) is 5.41 Å². The highest BCUT2D eigenvalue weighted by Gasteiger charge is 2.55. The third kappa shape index (κ3) is 3.95. The van der Waals surface area contributed by atoms with Gasteiger partial charge in [-0.15, -0.1) is 0 Å². The molecular formula is C19H28N2O4. The highest BCUT2D eigenvalue weighted by molar-refractivity contribution is 5.87. The first-order valence-electron chi connectivity index (χ1n) is 8.67. The Bertz CT molecular complexity index is 612. The van der Waals surface area contributed by atoms with E-state index in [-0.39, 0.29) is 25.1 Å². The van der Waals surface area contributed by atoms with Crippen LogP contribution in [0.4, 0.5) is 4.79 Å². The maximum atomic E-state index is 13.0. The van der Waals surface area contributed by atoms with Crippen LogP contribution in [-0.2, 0) is 16.1 Å². The number of amides is 2. The van der Waals surface area contributed by atoms with Gasteiger partial charge in [0.1, 0.15) is 0 Å². The molecule has 2 rings (SSSR count). The van der Waals surface area contributed by atoms with E-state index < -0.39 is 17.1 Å². The number of ether oxygens (including phenoxy) is 1. The SMILES string of the molecule is CC[C@@H]1CO[C@@](C(=O)NCc2ccccc2)(C(C)(C)C)CN1C(=O)O. The molecule has 2 amide bonds. The first kappa shape index (κ1) is 19.2. The number of carbonyl (C=O) groups is 2. The highest BCUT2D eigenvalue weighted by Crippen LogP contribution is 2.38. The molecule has 0 aromatic heterocycles. The first-order valence-corrected chi connectivity index (χ1v) is 8.67. The Labute approximate surface area is 149 Å². The fraction of sp³-hybridized carbons (Fsp3) is 0.579. The standard InChI is InChI=1S/C19H28N2O4/c1-5-15-12-25-19(18(2,3)4,13-21(15)17(23)24)16(22)20-11-14-9-7-6-8-10-14/h6-10,15H,5,11-13H2,1-4H3,(H,20,22)(H,23,24)/t15-,19+/m1/s1. The zero-order valence-corrected chi connectivity index (χ0v) is 15.4. The molecule has 1 saturated heterocycles. The molecule has 1 aliphatic heterocycles. The summed E-state index contributed by atoms with van der Waals surface area (Å²) in [4.78, 5) is 26.1. The number of morpholine rings is 1. The molecule has 0 unspecified atom stereocenters. The molecule has 1 aromatic rings. The van der Waals surface area contributed by atoms with Crippen LogP contribution in [0.1, 0.15) is 39.7 Å². The van der Waals surface area contributed by atoms with E-state index in [2.05, 4.69) is 5.32 Å². The largest absolute Gasteiger partial charge is 0.465 e. The van der Waals surface area contributed by atoms with E-state index in [1.807, 2.05) is 58.0 Å². The molecule has 2 N–H and O–H groups in total. The number of rotatable bonds is 4. The molecule has 1 aromatic carbocycles. The summed E-state index contributed by atoms with van der Waals surface area (Å²) in [5.74, 6) is -0.273. The molecule has 0 radical (unpaired) electrons. The lowest BCUT2D eigenvalue weighted by molar-refractivity contribution is -0.190. The molecule has 0 bridgehead atoms. The van der Waals surface area contributed by atoms with E-state index in [1.165, 1.54) is 4.90 Å². The third-order valence-corrected chi connectivity index (χ3v) is 4.95. The van der Waals surface area contributed by atoms with E-state index in [9.17, 15) is 14.7 Å². The quantitative estimate of drug-likeness (QED) is 0.877. The lowest BCUT2D eigenvalue weighted by atomic mass is 9.74. The van der Waals surface area contributed by atoms with Gasteiger partial charge < -0.3 is 15.2 Å². The van der Waals surface area contributed by atoms with Gasteiger partial charge in [-0.1, -0.05) is 58.0 Å². The van der Waals surface area contributed by atoms with Gasteiger partial charge in [0.05, 0.1) is 19.2 Å². The van der Waals surface area contributed by atoms with Crippen LogP contribution >= 0.6 is 0 Å². The Balaban J connectivity index is 2.23. The molecule has 1 heterocycles. The number of carbonyl (C=O) groups excluding carboxylic acids is 1. The Kier molecular flexibility index (Phi) is 5.72. The predicted octanol–water partition coefficient (Wildman–Crippen LogP) is 2.88. The van der Waals surface area contributed by atoms with Gasteiger partial charge in [-0.05, 0) is 12.0 Å². The second-order valence-corrected chi connectivity index (χ2v) is 7.53. The second-order valence-electron chi connectivity index (χ2n) is 7.53. The van der Waals surface area contributed by atoms with Crippen molar-refractivity contribution in [3.63, 3.8) is 0 Å². The van der Waals surface area contributed by atoms with Gasteiger partial charge in [0.15, 0.2) is 5.60 Å². The normalized spacial score (nSPS) is 24.0. The summed E-state index contributed by atoms with van der Waals surface area (Å²) in [5.41, 5.74) is -0.788. The monoisotopic (exact) mass is 348 g/mol. The zero-order valence-electron chi connectivity index (χ0n) is 15.4. The number of hydrogen-bond donors (Lipinski definition) is 2. The molecule has 6 heteroatoms. The molecule has 6 nitrogen and oxygen atoms in total. The topological polar surface area (TPSA) is 78.9 Å². The average Bonchev–Trinajstić information content (AvgIpc) is 2.58. The Morgan fingerprint density at radius 2 is 1.96 bits per heavy atom. The molecule has 0 saturated carbocycles. The van der Waals surface area contributed by atoms with Gasteiger partial charge in [-0.2, -0.15) is 0 Å². The maximum absolute atomic E-state index is 13.0. The lowest BCUT2D eigenvalue weighted by Gasteiger charge is -2.50. The summed E-state index contributed by atoms with van der Waals surface area (Å²) in [6, 6.07) is 9.38. The van der Waals surface area contributed by atoms with Gasteiger partial charge in [-0.25, -0.2) is 4.79 Å². The lowest BCUT2D eigenvalue weighted by Crippen LogP contribution is -2.68. The van der Waals surface area contributed by atoms with Crippen LogP contribution < -0.4 is 5.32 Å². The van der Waals surface area contributed by atoms with Crippen LogP contribution in [0.3, 0.4) is 0 Å². The van der Waals surface area contributed by atoms with Crippen molar-refractivity contribution in [2.75, 3.05) is 13.2 Å². The molecule has 2 atom stereocenters. The van der Waals surface area contributed by atoms with Crippen LogP contribution in [0, 0.1) is 5.41 Å². The minimum absolute atomic E-state index is 0.0327. The Morgan fingerprint density at radius 3 is 2.48 bits per heavy atom. The third-order valence-electron chi connectivity index (χ3n) is 4.95. The van der Waals surface area contributed by atoms with Crippen LogP contribution in [0.15, 0.2) is 30.3 Å². The average molecular weight is 348 g/mol. The van der Waals surface area contributed by atoms with E-state index in [4.69, 9.17) is 4.74 Å². The van der Waals surface area contributed by atoms with Gasteiger partial charge in [-0.3, -0.25) is 9.69 Å². The number of nitrogens with zero attached hydrogens (tertiary/aromatic N) is 1. The van der Waals surface area contributed by atoms with Crippen molar-refractivity contribution in [3.05, 3.63) is 35.9 Å². The molecule has 1 aliphatic rings. The van der Waals surface area contributed by atoms with Gasteiger partial charge >= 0.3 is 6.09 Å². The van der Waals surface area contributed by atoms with Gasteiger partial charge in [0.2, 0.25) is 0 Å². The Morgan fingerprint density at radius 1 is 1.32 bits per heavy atom. The molecule has 1 fully saturated rings. The summed E-state index contributed by atoms with van der Waals surface area (Å²) < 4.78 is 6.05. The number of benzene rings is 1. The molecule has 0 aliphatic carbocycles. The second kappa shape index (κ2) is 7.44. The van der Waals surface area contributed by atoms with E-state index in [0.29, 0.717) is 13.0 Å². The number of hydrogen-bond acceptors (Lipinski definition) is 3. The smallest absolute Gasteiger partial charge is 0.407 e. The molecule has 25 heavy (non-hydrogen) atoms. The zero-order chi connectivity index (χ0) is 18.7. The summed E-state index contributed by atoms with van der Waals surface area (Å²) in [7, 11) is 0. The van der Waals surface area contributed by atoms with Gasteiger partial charge in [0.25, 0.3) is 5.91 Å².